The normalized spacial score (nSPS) is 15.9. The van der Waals surface area contributed by atoms with Gasteiger partial charge in [0, 0.05) is 19.9 Å². The minimum atomic E-state index is -4.44. The summed E-state index contributed by atoms with van der Waals surface area (Å²) in [4.78, 5) is 3.50. The van der Waals surface area contributed by atoms with Crippen molar-refractivity contribution in [1.29, 1.82) is 0 Å². The first kappa shape index (κ1) is 14.4. The van der Waals surface area contributed by atoms with E-state index in [1.807, 2.05) is 6.92 Å². The van der Waals surface area contributed by atoms with Gasteiger partial charge in [0.15, 0.2) is 5.01 Å². The molecule has 0 bridgehead atoms. The maximum atomic E-state index is 12.3. The SMILES string of the molecule is COCC(C)CC(O)c1cnc(C(F)(F)F)s1. The van der Waals surface area contributed by atoms with Gasteiger partial charge >= 0.3 is 6.18 Å². The van der Waals surface area contributed by atoms with Gasteiger partial charge in [0.1, 0.15) is 0 Å². The summed E-state index contributed by atoms with van der Waals surface area (Å²) < 4.78 is 41.8. The molecular weight excluding hydrogens is 255 g/mol. The van der Waals surface area contributed by atoms with Gasteiger partial charge in [-0.1, -0.05) is 6.92 Å². The van der Waals surface area contributed by atoms with E-state index in [-0.39, 0.29) is 10.8 Å². The van der Waals surface area contributed by atoms with Crippen molar-refractivity contribution in [1.82, 2.24) is 4.98 Å². The summed E-state index contributed by atoms with van der Waals surface area (Å²) >= 11 is 0.481. The maximum Gasteiger partial charge on any atom is 0.443 e. The molecule has 0 saturated carbocycles. The molecule has 0 amide bonds. The monoisotopic (exact) mass is 269 g/mol. The molecule has 3 nitrogen and oxygen atoms in total. The Morgan fingerprint density at radius 3 is 2.65 bits per heavy atom. The summed E-state index contributed by atoms with van der Waals surface area (Å²) in [6.45, 7) is 2.32. The van der Waals surface area contributed by atoms with Crippen LogP contribution in [-0.4, -0.2) is 23.8 Å². The van der Waals surface area contributed by atoms with Crippen LogP contribution in [-0.2, 0) is 10.9 Å². The summed E-state index contributed by atoms with van der Waals surface area (Å²) in [5.41, 5.74) is 0. The number of aliphatic hydroxyl groups is 1. The highest BCUT2D eigenvalue weighted by Crippen LogP contribution is 2.35. The molecule has 0 aliphatic heterocycles. The Hall–Kier alpha value is -0.660. The van der Waals surface area contributed by atoms with Crippen LogP contribution in [0.3, 0.4) is 0 Å². The Labute approximate surface area is 101 Å². The molecule has 1 N–H and O–H groups in total. The van der Waals surface area contributed by atoms with Crippen LogP contribution in [0.25, 0.3) is 0 Å². The molecule has 0 fully saturated rings. The lowest BCUT2D eigenvalue weighted by Gasteiger charge is -2.13. The molecule has 0 radical (unpaired) electrons. The second-order valence-corrected chi connectivity index (χ2v) is 4.94. The van der Waals surface area contributed by atoms with Gasteiger partial charge in [-0.3, -0.25) is 0 Å². The predicted molar refractivity (Wildman–Crippen MR) is 57.7 cm³/mol. The van der Waals surface area contributed by atoms with E-state index in [4.69, 9.17) is 4.74 Å². The fourth-order valence-electron chi connectivity index (χ4n) is 1.42. The van der Waals surface area contributed by atoms with Gasteiger partial charge in [-0.15, -0.1) is 11.3 Å². The summed E-state index contributed by atoms with van der Waals surface area (Å²) in [5, 5.41) is 8.82. The first-order chi connectivity index (χ1) is 7.84. The number of methoxy groups -OCH3 is 1. The standard InChI is InChI=1S/C10H14F3NO2S/c1-6(5-16-2)3-7(15)8-4-14-9(17-8)10(11,12)13/h4,6-7,15H,3,5H2,1-2H3. The Bertz CT molecular complexity index is 354. The van der Waals surface area contributed by atoms with Crippen LogP contribution in [0.1, 0.15) is 29.3 Å². The quantitative estimate of drug-likeness (QED) is 0.893. The van der Waals surface area contributed by atoms with E-state index in [1.165, 1.54) is 7.11 Å². The molecular formula is C10H14F3NO2S. The van der Waals surface area contributed by atoms with Gasteiger partial charge in [0.25, 0.3) is 0 Å². The van der Waals surface area contributed by atoms with E-state index in [2.05, 4.69) is 4.98 Å². The van der Waals surface area contributed by atoms with Crippen molar-refractivity contribution in [3.63, 3.8) is 0 Å². The highest BCUT2D eigenvalue weighted by molar-refractivity contribution is 7.11. The molecule has 2 unspecified atom stereocenters. The van der Waals surface area contributed by atoms with Crippen LogP contribution in [0.4, 0.5) is 13.2 Å². The molecule has 7 heteroatoms. The van der Waals surface area contributed by atoms with Gasteiger partial charge in [0.05, 0.1) is 11.0 Å². The van der Waals surface area contributed by atoms with Gasteiger partial charge in [0.2, 0.25) is 0 Å². The van der Waals surface area contributed by atoms with Crippen LogP contribution in [0, 0.1) is 5.92 Å². The minimum Gasteiger partial charge on any atom is -0.388 e. The largest absolute Gasteiger partial charge is 0.443 e. The Morgan fingerprint density at radius 2 is 2.18 bits per heavy atom. The second kappa shape index (κ2) is 5.79. The van der Waals surface area contributed by atoms with Crippen molar-refractivity contribution in [3.05, 3.63) is 16.1 Å². The van der Waals surface area contributed by atoms with E-state index in [9.17, 15) is 18.3 Å². The summed E-state index contributed by atoms with van der Waals surface area (Å²) in [5.74, 6) is 0.0754. The Morgan fingerprint density at radius 1 is 1.53 bits per heavy atom. The third kappa shape index (κ3) is 4.25. The Kier molecular flexibility index (Phi) is 4.91. The number of halogens is 3. The highest BCUT2D eigenvalue weighted by Gasteiger charge is 2.35. The molecule has 2 atom stereocenters. The number of hydrogen-bond acceptors (Lipinski definition) is 4. The average molecular weight is 269 g/mol. The van der Waals surface area contributed by atoms with Crippen LogP contribution in [0.5, 0.6) is 0 Å². The van der Waals surface area contributed by atoms with Crippen molar-refractivity contribution >= 4 is 11.3 Å². The molecule has 0 spiro atoms. The van der Waals surface area contributed by atoms with Crippen molar-refractivity contribution in [3.8, 4) is 0 Å². The Balaban J connectivity index is 2.64. The lowest BCUT2D eigenvalue weighted by Crippen LogP contribution is -2.08. The van der Waals surface area contributed by atoms with Gasteiger partial charge < -0.3 is 9.84 Å². The zero-order valence-electron chi connectivity index (χ0n) is 9.49. The van der Waals surface area contributed by atoms with Crippen molar-refractivity contribution in [2.75, 3.05) is 13.7 Å². The fourth-order valence-corrected chi connectivity index (χ4v) is 2.20. The summed E-state index contributed by atoms with van der Waals surface area (Å²) in [6, 6.07) is 0. The summed E-state index contributed by atoms with van der Waals surface area (Å²) in [7, 11) is 1.54. The first-order valence-electron chi connectivity index (χ1n) is 5.04. The molecule has 1 heterocycles. The minimum absolute atomic E-state index is 0.0754. The van der Waals surface area contributed by atoms with Crippen molar-refractivity contribution in [2.45, 2.75) is 25.6 Å². The molecule has 0 saturated heterocycles. The maximum absolute atomic E-state index is 12.3. The molecule has 98 valence electrons. The smallest absolute Gasteiger partial charge is 0.388 e. The highest BCUT2D eigenvalue weighted by atomic mass is 32.1. The number of rotatable bonds is 5. The lowest BCUT2D eigenvalue weighted by atomic mass is 10.0. The van der Waals surface area contributed by atoms with E-state index in [0.717, 1.165) is 6.20 Å². The molecule has 17 heavy (non-hydrogen) atoms. The predicted octanol–water partition coefficient (Wildman–Crippen LogP) is 2.87. The fraction of sp³-hybridized carbons (Fsp3) is 0.700. The van der Waals surface area contributed by atoms with Crippen LogP contribution >= 0.6 is 11.3 Å². The zero-order chi connectivity index (χ0) is 13.1. The van der Waals surface area contributed by atoms with Crippen molar-refractivity contribution < 1.29 is 23.0 Å². The number of ether oxygens (including phenoxy) is 1. The van der Waals surface area contributed by atoms with Gasteiger partial charge in [-0.05, 0) is 12.3 Å². The number of thiazole rings is 1. The molecule has 1 rings (SSSR count). The van der Waals surface area contributed by atoms with E-state index >= 15 is 0 Å². The van der Waals surface area contributed by atoms with Crippen LogP contribution in [0.2, 0.25) is 0 Å². The molecule has 1 aromatic heterocycles. The molecule has 1 aromatic rings. The van der Waals surface area contributed by atoms with Gasteiger partial charge in [-0.25, -0.2) is 4.98 Å². The lowest BCUT2D eigenvalue weighted by molar-refractivity contribution is -0.137. The van der Waals surface area contributed by atoms with Crippen LogP contribution in [0.15, 0.2) is 6.20 Å². The average Bonchev–Trinajstić information content (AvgIpc) is 2.65. The van der Waals surface area contributed by atoms with E-state index in [1.54, 1.807) is 0 Å². The number of aromatic nitrogens is 1. The van der Waals surface area contributed by atoms with Crippen LogP contribution < -0.4 is 0 Å². The second-order valence-electron chi connectivity index (χ2n) is 3.88. The topological polar surface area (TPSA) is 42.4 Å². The third-order valence-electron chi connectivity index (χ3n) is 2.17. The third-order valence-corrected chi connectivity index (χ3v) is 3.31. The van der Waals surface area contributed by atoms with E-state index < -0.39 is 17.3 Å². The van der Waals surface area contributed by atoms with E-state index in [0.29, 0.717) is 24.4 Å². The molecule has 0 aliphatic rings. The number of aliphatic hydroxyl groups excluding tert-OH is 1. The number of hydrogen-bond donors (Lipinski definition) is 1. The summed E-state index contributed by atoms with van der Waals surface area (Å²) in [6.07, 6.45) is -3.93. The van der Waals surface area contributed by atoms with Crippen molar-refractivity contribution in [2.24, 2.45) is 5.92 Å². The number of nitrogens with zero attached hydrogens (tertiary/aromatic N) is 1. The molecule has 0 aliphatic carbocycles. The zero-order valence-corrected chi connectivity index (χ0v) is 10.3. The van der Waals surface area contributed by atoms with Gasteiger partial charge in [-0.2, -0.15) is 13.2 Å². The molecule has 0 aromatic carbocycles. The first-order valence-corrected chi connectivity index (χ1v) is 5.86. The number of alkyl halides is 3.